The van der Waals surface area contributed by atoms with E-state index in [9.17, 15) is 4.79 Å². The SMILES string of the molecule is CC(C)C(=O)OCOCCOc1ccc(C2CCCCC2)cc1. The van der Waals surface area contributed by atoms with Crippen LogP contribution >= 0.6 is 0 Å². The van der Waals surface area contributed by atoms with Gasteiger partial charge in [0.25, 0.3) is 0 Å². The minimum Gasteiger partial charge on any atom is -0.491 e. The Morgan fingerprint density at radius 3 is 2.43 bits per heavy atom. The van der Waals surface area contributed by atoms with Crippen molar-refractivity contribution < 1.29 is 19.0 Å². The lowest BCUT2D eigenvalue weighted by Crippen LogP contribution is -2.16. The third-order valence-electron chi connectivity index (χ3n) is 4.21. The molecule has 0 radical (unpaired) electrons. The average Bonchev–Trinajstić information content (AvgIpc) is 2.59. The van der Waals surface area contributed by atoms with Gasteiger partial charge in [0.1, 0.15) is 12.4 Å². The number of carbonyl (C=O) groups is 1. The first kappa shape index (κ1) is 17.8. The number of hydrogen-bond acceptors (Lipinski definition) is 4. The minimum absolute atomic E-state index is 0.0129. The first-order valence-corrected chi connectivity index (χ1v) is 8.64. The fourth-order valence-electron chi connectivity index (χ4n) is 2.82. The first-order valence-electron chi connectivity index (χ1n) is 8.64. The van der Waals surface area contributed by atoms with Crippen molar-refractivity contribution in [2.75, 3.05) is 20.0 Å². The molecule has 4 heteroatoms. The third kappa shape index (κ3) is 6.22. The van der Waals surface area contributed by atoms with Crippen molar-refractivity contribution in [3.63, 3.8) is 0 Å². The van der Waals surface area contributed by atoms with Gasteiger partial charge in [0.05, 0.1) is 12.5 Å². The molecule has 1 aliphatic carbocycles. The zero-order chi connectivity index (χ0) is 16.5. The number of hydrogen-bond donors (Lipinski definition) is 0. The van der Waals surface area contributed by atoms with Crippen LogP contribution in [0.4, 0.5) is 0 Å². The van der Waals surface area contributed by atoms with Gasteiger partial charge in [0.2, 0.25) is 0 Å². The van der Waals surface area contributed by atoms with E-state index in [1.807, 2.05) is 12.1 Å². The Balaban J connectivity index is 1.61. The summed E-state index contributed by atoms with van der Waals surface area (Å²) in [6.45, 7) is 4.42. The number of ether oxygens (including phenoxy) is 3. The van der Waals surface area contributed by atoms with Gasteiger partial charge in [-0.15, -0.1) is 0 Å². The highest BCUT2D eigenvalue weighted by Gasteiger charge is 2.15. The fraction of sp³-hybridized carbons (Fsp3) is 0.632. The van der Waals surface area contributed by atoms with Crippen molar-refractivity contribution in [3.05, 3.63) is 29.8 Å². The molecule has 1 aliphatic rings. The highest BCUT2D eigenvalue weighted by atomic mass is 16.7. The van der Waals surface area contributed by atoms with E-state index >= 15 is 0 Å². The Morgan fingerprint density at radius 2 is 1.78 bits per heavy atom. The third-order valence-corrected chi connectivity index (χ3v) is 4.21. The molecule has 128 valence electrons. The molecule has 1 aromatic rings. The summed E-state index contributed by atoms with van der Waals surface area (Å²) < 4.78 is 15.8. The lowest BCUT2D eigenvalue weighted by atomic mass is 9.84. The van der Waals surface area contributed by atoms with Crippen LogP contribution in [0.5, 0.6) is 5.75 Å². The predicted octanol–water partition coefficient (Wildman–Crippen LogP) is 4.29. The minimum atomic E-state index is -0.246. The van der Waals surface area contributed by atoms with Crippen molar-refractivity contribution in [2.45, 2.75) is 51.9 Å². The predicted molar refractivity (Wildman–Crippen MR) is 89.5 cm³/mol. The quantitative estimate of drug-likeness (QED) is 0.407. The summed E-state index contributed by atoms with van der Waals surface area (Å²) >= 11 is 0. The Bertz CT molecular complexity index is 461. The van der Waals surface area contributed by atoms with Crippen molar-refractivity contribution >= 4 is 5.97 Å². The summed E-state index contributed by atoms with van der Waals surface area (Å²) in [5.74, 6) is 1.20. The van der Waals surface area contributed by atoms with E-state index in [1.165, 1.54) is 37.7 Å². The summed E-state index contributed by atoms with van der Waals surface area (Å²) in [5.41, 5.74) is 1.42. The number of carbonyl (C=O) groups excluding carboxylic acids is 1. The van der Waals surface area contributed by atoms with Crippen LogP contribution in [0.25, 0.3) is 0 Å². The summed E-state index contributed by atoms with van der Waals surface area (Å²) in [6.07, 6.45) is 6.69. The van der Waals surface area contributed by atoms with Crippen molar-refractivity contribution in [2.24, 2.45) is 5.92 Å². The van der Waals surface area contributed by atoms with E-state index in [0.717, 1.165) is 11.7 Å². The molecule has 0 N–H and O–H groups in total. The van der Waals surface area contributed by atoms with E-state index in [4.69, 9.17) is 14.2 Å². The lowest BCUT2D eigenvalue weighted by molar-refractivity contribution is -0.160. The summed E-state index contributed by atoms with van der Waals surface area (Å²) in [6, 6.07) is 8.42. The molecule has 0 bridgehead atoms. The molecule has 1 fully saturated rings. The molecule has 0 atom stereocenters. The van der Waals surface area contributed by atoms with Gasteiger partial charge in [-0.2, -0.15) is 0 Å². The van der Waals surface area contributed by atoms with Crippen LogP contribution in [0.15, 0.2) is 24.3 Å². The van der Waals surface area contributed by atoms with E-state index in [2.05, 4.69) is 12.1 Å². The Kier molecular flexibility index (Phi) is 7.40. The normalized spacial score (nSPS) is 15.6. The largest absolute Gasteiger partial charge is 0.491 e. The summed E-state index contributed by atoms with van der Waals surface area (Å²) in [5, 5.41) is 0. The van der Waals surface area contributed by atoms with Gasteiger partial charge < -0.3 is 14.2 Å². The lowest BCUT2D eigenvalue weighted by Gasteiger charge is -2.22. The van der Waals surface area contributed by atoms with Gasteiger partial charge in [-0.05, 0) is 36.5 Å². The van der Waals surface area contributed by atoms with Crippen LogP contribution in [0, 0.1) is 5.92 Å². The van der Waals surface area contributed by atoms with Crippen molar-refractivity contribution in [1.29, 1.82) is 0 Å². The second-order valence-corrected chi connectivity index (χ2v) is 6.40. The second kappa shape index (κ2) is 9.56. The van der Waals surface area contributed by atoms with Gasteiger partial charge in [0, 0.05) is 0 Å². The number of benzene rings is 1. The maximum absolute atomic E-state index is 11.2. The molecule has 1 aromatic carbocycles. The molecule has 0 unspecified atom stereocenters. The molecular formula is C19H28O4. The fourth-order valence-corrected chi connectivity index (χ4v) is 2.82. The Hall–Kier alpha value is -1.55. The molecule has 0 saturated heterocycles. The standard InChI is InChI=1S/C19H28O4/c1-15(2)19(20)23-14-21-12-13-22-18-10-8-17(9-11-18)16-6-4-3-5-7-16/h8-11,15-16H,3-7,12-14H2,1-2H3. The maximum Gasteiger partial charge on any atom is 0.310 e. The smallest absolute Gasteiger partial charge is 0.310 e. The van der Waals surface area contributed by atoms with Crippen LogP contribution in [-0.2, 0) is 14.3 Å². The van der Waals surface area contributed by atoms with Crippen molar-refractivity contribution in [3.8, 4) is 5.75 Å². The van der Waals surface area contributed by atoms with E-state index in [1.54, 1.807) is 13.8 Å². The average molecular weight is 320 g/mol. The van der Waals surface area contributed by atoms with Crippen LogP contribution in [0.2, 0.25) is 0 Å². The highest BCUT2D eigenvalue weighted by Crippen LogP contribution is 2.33. The zero-order valence-electron chi connectivity index (χ0n) is 14.3. The second-order valence-electron chi connectivity index (χ2n) is 6.40. The van der Waals surface area contributed by atoms with E-state index in [0.29, 0.717) is 13.2 Å². The van der Waals surface area contributed by atoms with E-state index < -0.39 is 0 Å². The monoisotopic (exact) mass is 320 g/mol. The Morgan fingerprint density at radius 1 is 1.09 bits per heavy atom. The number of rotatable bonds is 8. The van der Waals surface area contributed by atoms with Crippen LogP contribution in [0.3, 0.4) is 0 Å². The van der Waals surface area contributed by atoms with Crippen LogP contribution in [0.1, 0.15) is 57.4 Å². The summed E-state index contributed by atoms with van der Waals surface area (Å²) in [7, 11) is 0. The molecule has 0 spiro atoms. The molecule has 0 heterocycles. The van der Waals surface area contributed by atoms with Crippen molar-refractivity contribution in [1.82, 2.24) is 0 Å². The first-order chi connectivity index (χ1) is 11.2. The van der Waals surface area contributed by atoms with E-state index in [-0.39, 0.29) is 18.7 Å². The Labute approximate surface area is 139 Å². The molecule has 0 amide bonds. The zero-order valence-corrected chi connectivity index (χ0v) is 14.3. The van der Waals surface area contributed by atoms with Gasteiger partial charge in [-0.1, -0.05) is 45.2 Å². The molecule has 0 aliphatic heterocycles. The molecule has 23 heavy (non-hydrogen) atoms. The van der Waals surface area contributed by atoms with Gasteiger partial charge in [0.15, 0.2) is 6.79 Å². The highest BCUT2D eigenvalue weighted by molar-refractivity contribution is 5.71. The van der Waals surface area contributed by atoms with Gasteiger partial charge in [-0.3, -0.25) is 4.79 Å². The van der Waals surface area contributed by atoms with Gasteiger partial charge in [-0.25, -0.2) is 0 Å². The topological polar surface area (TPSA) is 44.8 Å². The molecule has 0 aromatic heterocycles. The molecular weight excluding hydrogens is 292 g/mol. The summed E-state index contributed by atoms with van der Waals surface area (Å²) in [4.78, 5) is 11.2. The van der Waals surface area contributed by atoms with Crippen LogP contribution in [-0.4, -0.2) is 26.0 Å². The number of esters is 1. The van der Waals surface area contributed by atoms with Crippen LogP contribution < -0.4 is 4.74 Å². The molecule has 1 saturated carbocycles. The maximum atomic E-state index is 11.2. The van der Waals surface area contributed by atoms with Gasteiger partial charge >= 0.3 is 5.97 Å². The molecule has 2 rings (SSSR count). The molecule has 4 nitrogen and oxygen atoms in total.